The highest BCUT2D eigenvalue weighted by molar-refractivity contribution is 9.12. The number of benzene rings is 1. The van der Waals surface area contributed by atoms with E-state index in [1.54, 1.807) is 24.3 Å². The summed E-state index contributed by atoms with van der Waals surface area (Å²) in [5.41, 5.74) is 1.33. The molecule has 4 heteroatoms. The van der Waals surface area contributed by atoms with Gasteiger partial charge in [0.05, 0.1) is 4.48 Å². The molecular formula is C15H16BrNO2. The van der Waals surface area contributed by atoms with Gasteiger partial charge in [-0.05, 0) is 28.8 Å². The van der Waals surface area contributed by atoms with Crippen molar-refractivity contribution in [3.63, 3.8) is 0 Å². The predicted octanol–water partition coefficient (Wildman–Crippen LogP) is 3.45. The van der Waals surface area contributed by atoms with Crippen molar-refractivity contribution >= 4 is 27.5 Å². The highest BCUT2D eigenvalue weighted by Gasteiger charge is 2.31. The summed E-state index contributed by atoms with van der Waals surface area (Å²) >= 11 is 3.26. The highest BCUT2D eigenvalue weighted by Crippen LogP contribution is 2.28. The smallest absolute Gasteiger partial charge is 0.210 e. The van der Waals surface area contributed by atoms with Gasteiger partial charge in [-0.15, -0.1) is 0 Å². The average molecular weight is 322 g/mol. The monoisotopic (exact) mass is 321 g/mol. The first-order valence-electron chi connectivity index (χ1n) is 6.44. The molecule has 100 valence electrons. The predicted molar refractivity (Wildman–Crippen MR) is 78.6 cm³/mol. The molecule has 0 amide bonds. The topological polar surface area (TPSA) is 46.2 Å². The molecule has 1 aliphatic carbocycles. The maximum atomic E-state index is 12.4. The summed E-state index contributed by atoms with van der Waals surface area (Å²) in [5, 5.41) is 3.19. The molecule has 2 rings (SSSR count). The van der Waals surface area contributed by atoms with Gasteiger partial charge in [0.2, 0.25) is 11.6 Å². The van der Waals surface area contributed by atoms with E-state index in [1.807, 2.05) is 0 Å². The molecule has 0 bridgehead atoms. The van der Waals surface area contributed by atoms with Gasteiger partial charge in [-0.25, -0.2) is 0 Å². The molecule has 0 aliphatic heterocycles. The fourth-order valence-electron chi connectivity index (χ4n) is 2.17. The van der Waals surface area contributed by atoms with E-state index in [1.165, 1.54) is 0 Å². The number of hydrogen-bond donors (Lipinski definition) is 1. The Bertz CT molecular complexity index is 559. The second-order valence-electron chi connectivity index (χ2n) is 4.55. The minimum atomic E-state index is -0.136. The van der Waals surface area contributed by atoms with E-state index in [9.17, 15) is 9.59 Å². The zero-order valence-electron chi connectivity index (χ0n) is 11.0. The normalized spacial score (nSPS) is 14.9. The molecule has 1 aromatic rings. The number of ketones is 2. The summed E-state index contributed by atoms with van der Waals surface area (Å²) in [6.07, 6.45) is 1.81. The van der Waals surface area contributed by atoms with Gasteiger partial charge in [0, 0.05) is 17.2 Å². The quantitative estimate of drug-likeness (QED) is 0.923. The van der Waals surface area contributed by atoms with Crippen LogP contribution in [0.25, 0.3) is 0 Å². The Kier molecular flexibility index (Phi) is 4.20. The molecule has 0 fully saturated rings. The van der Waals surface area contributed by atoms with Crippen LogP contribution in [0.15, 0.2) is 34.4 Å². The van der Waals surface area contributed by atoms with Crippen LogP contribution in [-0.2, 0) is 0 Å². The number of nitrogens with one attached hydrogen (secondary N) is 1. The van der Waals surface area contributed by atoms with Crippen molar-refractivity contribution in [2.45, 2.75) is 32.7 Å². The zero-order chi connectivity index (χ0) is 14.0. The lowest BCUT2D eigenvalue weighted by Crippen LogP contribution is -2.35. The van der Waals surface area contributed by atoms with E-state index in [0.29, 0.717) is 21.3 Å². The van der Waals surface area contributed by atoms with Crippen LogP contribution in [-0.4, -0.2) is 17.6 Å². The Balaban J connectivity index is 2.43. The van der Waals surface area contributed by atoms with E-state index in [0.717, 1.165) is 12.8 Å². The molecule has 19 heavy (non-hydrogen) atoms. The largest absolute Gasteiger partial charge is 0.378 e. The van der Waals surface area contributed by atoms with Crippen molar-refractivity contribution < 1.29 is 9.59 Å². The van der Waals surface area contributed by atoms with Crippen LogP contribution in [0.2, 0.25) is 0 Å². The summed E-state index contributed by atoms with van der Waals surface area (Å²) in [5.74, 6) is -0.252. The first-order chi connectivity index (χ1) is 9.10. The summed E-state index contributed by atoms with van der Waals surface area (Å²) in [7, 11) is 0. The molecule has 0 heterocycles. The minimum absolute atomic E-state index is 0.117. The standard InChI is InChI=1S/C15H16BrNO2/c1-3-9(4-2)17-13-12(16)14(18)10-7-5-6-8-11(10)15(13)19/h5-9,17H,3-4H2,1-2H3. The lowest BCUT2D eigenvalue weighted by atomic mass is 9.92. The number of fused-ring (bicyclic) bond motifs is 1. The first kappa shape index (κ1) is 14.0. The third kappa shape index (κ3) is 2.50. The molecule has 1 aromatic carbocycles. The van der Waals surface area contributed by atoms with E-state index >= 15 is 0 Å². The van der Waals surface area contributed by atoms with Gasteiger partial charge in [-0.3, -0.25) is 9.59 Å². The van der Waals surface area contributed by atoms with Gasteiger partial charge in [0.15, 0.2) is 0 Å². The Morgan fingerprint density at radius 3 is 2.11 bits per heavy atom. The SMILES string of the molecule is CCC(CC)NC1=C(Br)C(=O)c2ccccc2C1=O. The van der Waals surface area contributed by atoms with Crippen molar-refractivity contribution in [1.29, 1.82) is 0 Å². The van der Waals surface area contributed by atoms with Crippen LogP contribution in [0, 0.1) is 0 Å². The average Bonchev–Trinajstić information content (AvgIpc) is 2.45. The number of rotatable bonds is 4. The molecule has 1 aliphatic rings. The van der Waals surface area contributed by atoms with Crippen molar-refractivity contribution in [1.82, 2.24) is 5.32 Å². The Hall–Kier alpha value is -1.42. The van der Waals surface area contributed by atoms with Crippen molar-refractivity contribution in [2.75, 3.05) is 0 Å². The molecule has 0 saturated carbocycles. The molecule has 0 radical (unpaired) electrons. The lowest BCUT2D eigenvalue weighted by Gasteiger charge is -2.23. The highest BCUT2D eigenvalue weighted by atomic mass is 79.9. The van der Waals surface area contributed by atoms with E-state index in [2.05, 4.69) is 35.1 Å². The van der Waals surface area contributed by atoms with Gasteiger partial charge in [-0.2, -0.15) is 0 Å². The Morgan fingerprint density at radius 1 is 1.05 bits per heavy atom. The second-order valence-corrected chi connectivity index (χ2v) is 5.34. The summed E-state index contributed by atoms with van der Waals surface area (Å²) < 4.78 is 0.336. The molecule has 0 unspecified atom stereocenters. The van der Waals surface area contributed by atoms with Crippen molar-refractivity contribution in [2.24, 2.45) is 0 Å². The Morgan fingerprint density at radius 2 is 1.58 bits per heavy atom. The third-order valence-electron chi connectivity index (χ3n) is 3.40. The Labute approximate surface area is 121 Å². The van der Waals surface area contributed by atoms with Crippen LogP contribution in [0.3, 0.4) is 0 Å². The van der Waals surface area contributed by atoms with Crippen LogP contribution in [0.4, 0.5) is 0 Å². The number of Topliss-reactive ketones (excluding diaryl/α,β-unsaturated/α-hetero) is 2. The molecule has 0 aromatic heterocycles. The number of carbonyl (C=O) groups is 2. The molecule has 3 nitrogen and oxygen atoms in total. The van der Waals surface area contributed by atoms with Crippen LogP contribution in [0.1, 0.15) is 47.4 Å². The fourth-order valence-corrected chi connectivity index (χ4v) is 2.68. The molecule has 1 N–H and O–H groups in total. The van der Waals surface area contributed by atoms with E-state index in [4.69, 9.17) is 0 Å². The number of halogens is 1. The van der Waals surface area contributed by atoms with Gasteiger partial charge in [0.1, 0.15) is 5.70 Å². The molecule has 0 saturated heterocycles. The number of hydrogen-bond acceptors (Lipinski definition) is 3. The van der Waals surface area contributed by atoms with Crippen molar-refractivity contribution in [3.05, 3.63) is 45.6 Å². The van der Waals surface area contributed by atoms with Crippen molar-refractivity contribution in [3.8, 4) is 0 Å². The van der Waals surface area contributed by atoms with Gasteiger partial charge < -0.3 is 5.32 Å². The van der Waals surface area contributed by atoms with Crippen LogP contribution >= 0.6 is 15.9 Å². The fraction of sp³-hybridized carbons (Fsp3) is 0.333. The summed E-state index contributed by atoms with van der Waals surface area (Å²) in [6.45, 7) is 4.11. The van der Waals surface area contributed by atoms with E-state index in [-0.39, 0.29) is 17.6 Å². The van der Waals surface area contributed by atoms with Crippen LogP contribution in [0.5, 0.6) is 0 Å². The minimum Gasteiger partial charge on any atom is -0.378 e. The second kappa shape index (κ2) is 5.70. The molecule has 0 atom stereocenters. The lowest BCUT2D eigenvalue weighted by molar-refractivity contribution is 0.0974. The van der Waals surface area contributed by atoms with Crippen LogP contribution < -0.4 is 5.32 Å². The third-order valence-corrected chi connectivity index (χ3v) is 4.15. The molecule has 0 spiro atoms. The summed E-state index contributed by atoms with van der Waals surface area (Å²) in [4.78, 5) is 24.7. The maximum Gasteiger partial charge on any atom is 0.210 e. The first-order valence-corrected chi connectivity index (χ1v) is 7.24. The van der Waals surface area contributed by atoms with Gasteiger partial charge >= 0.3 is 0 Å². The van der Waals surface area contributed by atoms with Gasteiger partial charge in [-0.1, -0.05) is 38.1 Å². The zero-order valence-corrected chi connectivity index (χ0v) is 12.6. The maximum absolute atomic E-state index is 12.4. The number of carbonyl (C=O) groups excluding carboxylic acids is 2. The number of allylic oxidation sites excluding steroid dienone is 2. The summed E-state index contributed by atoms with van der Waals surface area (Å²) in [6, 6.07) is 7.13. The van der Waals surface area contributed by atoms with E-state index < -0.39 is 0 Å². The molecular weight excluding hydrogens is 306 g/mol. The van der Waals surface area contributed by atoms with Gasteiger partial charge in [0.25, 0.3) is 0 Å².